The highest BCUT2D eigenvalue weighted by atomic mass is 14.5. The standard InChI is InChI=1S/C10H19N/c1-8-4-5-9(6-7-11)10(8,2)3/h4,9H,5-7,11H2,1-3H3. The molecule has 0 aliphatic heterocycles. The van der Waals surface area contributed by atoms with Crippen LogP contribution < -0.4 is 5.73 Å². The van der Waals surface area contributed by atoms with Gasteiger partial charge in [0, 0.05) is 0 Å². The predicted octanol–water partition coefficient (Wildman–Crippen LogP) is 2.33. The summed E-state index contributed by atoms with van der Waals surface area (Å²) in [6.07, 6.45) is 4.76. The average Bonchev–Trinajstić information content (AvgIpc) is 2.16. The second-order valence-corrected chi connectivity index (χ2v) is 4.12. The zero-order valence-corrected chi connectivity index (χ0v) is 7.85. The lowest BCUT2D eigenvalue weighted by molar-refractivity contribution is 0.279. The Morgan fingerprint density at radius 3 is 2.64 bits per heavy atom. The van der Waals surface area contributed by atoms with Gasteiger partial charge in [-0.15, -0.1) is 0 Å². The van der Waals surface area contributed by atoms with E-state index in [4.69, 9.17) is 5.73 Å². The Hall–Kier alpha value is -0.300. The highest BCUT2D eigenvalue weighted by molar-refractivity contribution is 5.18. The lowest BCUT2D eigenvalue weighted by atomic mass is 9.76. The van der Waals surface area contributed by atoms with Crippen LogP contribution in [-0.2, 0) is 0 Å². The van der Waals surface area contributed by atoms with Gasteiger partial charge in [0.1, 0.15) is 0 Å². The monoisotopic (exact) mass is 153 g/mol. The zero-order valence-electron chi connectivity index (χ0n) is 7.85. The minimum Gasteiger partial charge on any atom is -0.330 e. The van der Waals surface area contributed by atoms with E-state index < -0.39 is 0 Å². The molecule has 1 aliphatic rings. The topological polar surface area (TPSA) is 26.0 Å². The molecule has 0 aromatic carbocycles. The minimum atomic E-state index is 0.402. The molecule has 64 valence electrons. The predicted molar refractivity (Wildman–Crippen MR) is 49.3 cm³/mol. The van der Waals surface area contributed by atoms with Gasteiger partial charge in [0.15, 0.2) is 0 Å². The van der Waals surface area contributed by atoms with Crippen LogP contribution in [0, 0.1) is 11.3 Å². The van der Waals surface area contributed by atoms with Gasteiger partial charge in [0.05, 0.1) is 0 Å². The summed E-state index contributed by atoms with van der Waals surface area (Å²) in [7, 11) is 0. The van der Waals surface area contributed by atoms with Crippen molar-refractivity contribution in [3.05, 3.63) is 11.6 Å². The number of allylic oxidation sites excluding steroid dienone is 2. The van der Waals surface area contributed by atoms with E-state index in [-0.39, 0.29) is 0 Å². The Morgan fingerprint density at radius 2 is 2.27 bits per heavy atom. The molecule has 1 nitrogen and oxygen atoms in total. The molecular formula is C10H19N. The molecule has 0 fully saturated rings. The first kappa shape index (κ1) is 8.79. The fourth-order valence-electron chi connectivity index (χ4n) is 1.88. The molecule has 0 heterocycles. The summed E-state index contributed by atoms with van der Waals surface area (Å²) in [5.41, 5.74) is 7.49. The maximum absolute atomic E-state index is 5.55. The van der Waals surface area contributed by atoms with E-state index in [1.54, 1.807) is 0 Å². The van der Waals surface area contributed by atoms with Gasteiger partial charge in [-0.2, -0.15) is 0 Å². The third-order valence-electron chi connectivity index (χ3n) is 3.26. The molecule has 11 heavy (non-hydrogen) atoms. The Kier molecular flexibility index (Phi) is 2.38. The van der Waals surface area contributed by atoms with Crippen LogP contribution >= 0.6 is 0 Å². The Balaban J connectivity index is 2.62. The largest absolute Gasteiger partial charge is 0.330 e. The molecule has 0 radical (unpaired) electrons. The molecule has 0 bridgehead atoms. The van der Waals surface area contributed by atoms with Crippen molar-refractivity contribution >= 4 is 0 Å². The van der Waals surface area contributed by atoms with Gasteiger partial charge in [-0.1, -0.05) is 25.5 Å². The zero-order chi connectivity index (χ0) is 8.48. The molecule has 0 amide bonds. The number of nitrogens with two attached hydrogens (primary N) is 1. The summed E-state index contributed by atoms with van der Waals surface area (Å²) in [4.78, 5) is 0. The number of hydrogen-bond acceptors (Lipinski definition) is 1. The van der Waals surface area contributed by atoms with Gasteiger partial charge in [-0.25, -0.2) is 0 Å². The van der Waals surface area contributed by atoms with Gasteiger partial charge >= 0.3 is 0 Å². The normalized spacial score (nSPS) is 28.7. The third-order valence-corrected chi connectivity index (χ3v) is 3.26. The molecule has 1 rings (SSSR count). The first-order chi connectivity index (χ1) is 5.09. The van der Waals surface area contributed by atoms with Crippen molar-refractivity contribution in [1.82, 2.24) is 0 Å². The second-order valence-electron chi connectivity index (χ2n) is 4.12. The number of hydrogen-bond donors (Lipinski definition) is 1. The van der Waals surface area contributed by atoms with E-state index in [0.717, 1.165) is 12.5 Å². The van der Waals surface area contributed by atoms with Crippen LogP contribution in [0.4, 0.5) is 0 Å². The van der Waals surface area contributed by atoms with Gasteiger partial charge in [0.2, 0.25) is 0 Å². The van der Waals surface area contributed by atoms with Crippen LogP contribution in [-0.4, -0.2) is 6.54 Å². The summed E-state index contributed by atoms with van der Waals surface area (Å²) >= 11 is 0. The van der Waals surface area contributed by atoms with Crippen molar-refractivity contribution in [2.75, 3.05) is 6.54 Å². The van der Waals surface area contributed by atoms with Crippen LogP contribution in [0.2, 0.25) is 0 Å². The number of rotatable bonds is 2. The van der Waals surface area contributed by atoms with Crippen molar-refractivity contribution in [3.63, 3.8) is 0 Å². The van der Waals surface area contributed by atoms with Gasteiger partial charge < -0.3 is 5.73 Å². The van der Waals surface area contributed by atoms with Gasteiger partial charge in [-0.05, 0) is 37.6 Å². The van der Waals surface area contributed by atoms with E-state index in [0.29, 0.717) is 5.41 Å². The minimum absolute atomic E-state index is 0.402. The molecule has 0 spiro atoms. The summed E-state index contributed by atoms with van der Waals surface area (Å²) in [5.74, 6) is 0.785. The van der Waals surface area contributed by atoms with Crippen molar-refractivity contribution in [1.29, 1.82) is 0 Å². The van der Waals surface area contributed by atoms with E-state index in [9.17, 15) is 0 Å². The quantitative estimate of drug-likeness (QED) is 0.605. The van der Waals surface area contributed by atoms with Crippen molar-refractivity contribution in [3.8, 4) is 0 Å². The van der Waals surface area contributed by atoms with E-state index in [1.807, 2.05) is 0 Å². The summed E-state index contributed by atoms with van der Waals surface area (Å²) < 4.78 is 0. The van der Waals surface area contributed by atoms with Crippen LogP contribution in [0.25, 0.3) is 0 Å². The molecule has 1 atom stereocenters. The molecule has 0 saturated heterocycles. The first-order valence-corrected chi connectivity index (χ1v) is 4.46. The Morgan fingerprint density at radius 1 is 1.64 bits per heavy atom. The smallest absolute Gasteiger partial charge is 0.00742 e. The molecule has 0 aromatic rings. The Labute approximate surface area is 69.7 Å². The fraction of sp³-hybridized carbons (Fsp3) is 0.800. The average molecular weight is 153 g/mol. The van der Waals surface area contributed by atoms with Crippen LogP contribution in [0.3, 0.4) is 0 Å². The van der Waals surface area contributed by atoms with Crippen LogP contribution in [0.15, 0.2) is 11.6 Å². The highest BCUT2D eigenvalue weighted by Crippen LogP contribution is 2.44. The van der Waals surface area contributed by atoms with Crippen LogP contribution in [0.5, 0.6) is 0 Å². The molecule has 1 aliphatic carbocycles. The molecule has 2 N–H and O–H groups in total. The lowest BCUT2D eigenvalue weighted by Gasteiger charge is -2.29. The molecular weight excluding hydrogens is 134 g/mol. The maximum atomic E-state index is 5.55. The highest BCUT2D eigenvalue weighted by Gasteiger charge is 2.33. The lowest BCUT2D eigenvalue weighted by Crippen LogP contribution is -2.22. The first-order valence-electron chi connectivity index (χ1n) is 4.46. The van der Waals surface area contributed by atoms with E-state index in [2.05, 4.69) is 26.8 Å². The summed E-state index contributed by atoms with van der Waals surface area (Å²) in [6, 6.07) is 0. The van der Waals surface area contributed by atoms with Gasteiger partial charge in [-0.3, -0.25) is 0 Å². The van der Waals surface area contributed by atoms with E-state index in [1.165, 1.54) is 18.4 Å². The maximum Gasteiger partial charge on any atom is -0.00742 e. The van der Waals surface area contributed by atoms with Crippen molar-refractivity contribution in [2.24, 2.45) is 17.1 Å². The molecule has 0 saturated carbocycles. The Bertz CT molecular complexity index is 168. The molecule has 0 aromatic heterocycles. The van der Waals surface area contributed by atoms with Crippen molar-refractivity contribution in [2.45, 2.75) is 33.6 Å². The molecule has 1 unspecified atom stereocenters. The van der Waals surface area contributed by atoms with Crippen molar-refractivity contribution < 1.29 is 0 Å². The van der Waals surface area contributed by atoms with E-state index >= 15 is 0 Å². The molecule has 1 heteroatoms. The van der Waals surface area contributed by atoms with Crippen LogP contribution in [0.1, 0.15) is 33.6 Å². The summed E-state index contributed by atoms with van der Waals surface area (Å²) in [5, 5.41) is 0. The SMILES string of the molecule is CC1=CCC(CCN)C1(C)C. The second kappa shape index (κ2) is 2.98. The third kappa shape index (κ3) is 1.48. The fourth-order valence-corrected chi connectivity index (χ4v) is 1.88. The van der Waals surface area contributed by atoms with Gasteiger partial charge in [0.25, 0.3) is 0 Å². The summed E-state index contributed by atoms with van der Waals surface area (Å²) in [6.45, 7) is 7.71.